The molecule has 1 aromatic carbocycles. The van der Waals surface area contributed by atoms with Crippen LogP contribution in [0, 0.1) is 0 Å². The molecule has 6 heteroatoms. The third-order valence-electron chi connectivity index (χ3n) is 3.01. The van der Waals surface area contributed by atoms with Gasteiger partial charge in [0.2, 0.25) is 0 Å². The van der Waals surface area contributed by atoms with Gasteiger partial charge in [0, 0.05) is 6.54 Å². The first-order valence-electron chi connectivity index (χ1n) is 6.96. The SMILES string of the molecule is O=C(O)C(=O)O.c1ccc(OCCCN2CCCC2)cc1. The average Bonchev–Trinajstić information content (AvgIpc) is 2.98. The number of carboxylic acid groups (broad SMARTS) is 2. The van der Waals surface area contributed by atoms with Crippen molar-refractivity contribution in [1.82, 2.24) is 4.90 Å². The van der Waals surface area contributed by atoms with Crippen LogP contribution in [0.5, 0.6) is 5.75 Å². The van der Waals surface area contributed by atoms with Crippen molar-refractivity contribution < 1.29 is 24.5 Å². The summed E-state index contributed by atoms with van der Waals surface area (Å²) in [6, 6.07) is 10.1. The van der Waals surface area contributed by atoms with E-state index >= 15 is 0 Å². The number of nitrogens with zero attached hydrogens (tertiary/aromatic N) is 1. The van der Waals surface area contributed by atoms with Gasteiger partial charge in [-0.3, -0.25) is 0 Å². The van der Waals surface area contributed by atoms with E-state index in [4.69, 9.17) is 24.5 Å². The number of benzene rings is 1. The highest BCUT2D eigenvalue weighted by Gasteiger charge is 2.10. The van der Waals surface area contributed by atoms with Gasteiger partial charge < -0.3 is 19.8 Å². The van der Waals surface area contributed by atoms with E-state index in [1.165, 1.54) is 32.5 Å². The zero-order chi connectivity index (χ0) is 15.5. The summed E-state index contributed by atoms with van der Waals surface area (Å²) in [4.78, 5) is 20.7. The second-order valence-corrected chi connectivity index (χ2v) is 4.67. The normalized spacial score (nSPS) is 14.1. The number of carbonyl (C=O) groups is 2. The number of likely N-dealkylation sites (tertiary alicyclic amines) is 1. The van der Waals surface area contributed by atoms with Gasteiger partial charge in [-0.2, -0.15) is 0 Å². The molecule has 21 heavy (non-hydrogen) atoms. The van der Waals surface area contributed by atoms with Gasteiger partial charge >= 0.3 is 11.9 Å². The minimum atomic E-state index is -1.82. The highest BCUT2D eigenvalue weighted by Crippen LogP contribution is 2.10. The van der Waals surface area contributed by atoms with E-state index in [1.54, 1.807) is 0 Å². The highest BCUT2D eigenvalue weighted by molar-refractivity contribution is 6.27. The van der Waals surface area contributed by atoms with Crippen LogP contribution in [0.4, 0.5) is 0 Å². The van der Waals surface area contributed by atoms with Gasteiger partial charge in [-0.1, -0.05) is 18.2 Å². The molecule has 0 saturated carbocycles. The summed E-state index contributed by atoms with van der Waals surface area (Å²) in [6.45, 7) is 4.59. The van der Waals surface area contributed by atoms with Crippen molar-refractivity contribution in [3.63, 3.8) is 0 Å². The Morgan fingerprint density at radius 3 is 2.14 bits per heavy atom. The number of rotatable bonds is 5. The summed E-state index contributed by atoms with van der Waals surface area (Å²) < 4.78 is 5.64. The number of para-hydroxylation sites is 1. The molecule has 1 aliphatic heterocycles. The quantitative estimate of drug-likeness (QED) is 0.635. The Bertz CT molecular complexity index is 417. The molecule has 0 aromatic heterocycles. The molecule has 1 aliphatic rings. The minimum Gasteiger partial charge on any atom is -0.494 e. The Morgan fingerprint density at radius 1 is 1.05 bits per heavy atom. The monoisotopic (exact) mass is 295 g/mol. The average molecular weight is 295 g/mol. The van der Waals surface area contributed by atoms with E-state index in [9.17, 15) is 0 Å². The molecule has 1 aromatic rings. The summed E-state index contributed by atoms with van der Waals surface area (Å²) in [6.07, 6.45) is 3.88. The lowest BCUT2D eigenvalue weighted by atomic mass is 10.3. The van der Waals surface area contributed by atoms with E-state index in [0.29, 0.717) is 0 Å². The van der Waals surface area contributed by atoms with Crippen LogP contribution in [0.2, 0.25) is 0 Å². The van der Waals surface area contributed by atoms with Gasteiger partial charge in [-0.05, 0) is 44.5 Å². The number of carboxylic acids is 2. The van der Waals surface area contributed by atoms with Gasteiger partial charge in [0.25, 0.3) is 0 Å². The second-order valence-electron chi connectivity index (χ2n) is 4.67. The molecule has 0 amide bonds. The van der Waals surface area contributed by atoms with Crippen molar-refractivity contribution in [1.29, 1.82) is 0 Å². The van der Waals surface area contributed by atoms with Crippen LogP contribution in [0.15, 0.2) is 30.3 Å². The summed E-state index contributed by atoms with van der Waals surface area (Å²) in [5, 5.41) is 14.8. The summed E-state index contributed by atoms with van der Waals surface area (Å²) in [5.41, 5.74) is 0. The summed E-state index contributed by atoms with van der Waals surface area (Å²) >= 11 is 0. The molecule has 0 atom stereocenters. The van der Waals surface area contributed by atoms with Crippen LogP contribution in [0.25, 0.3) is 0 Å². The predicted octanol–water partition coefficient (Wildman–Crippen LogP) is 1.71. The van der Waals surface area contributed by atoms with E-state index in [2.05, 4.69) is 4.90 Å². The fraction of sp³-hybridized carbons (Fsp3) is 0.467. The molecule has 1 fully saturated rings. The largest absolute Gasteiger partial charge is 0.494 e. The topological polar surface area (TPSA) is 87.1 Å². The van der Waals surface area contributed by atoms with Crippen LogP contribution in [-0.4, -0.2) is 53.3 Å². The van der Waals surface area contributed by atoms with Gasteiger partial charge in [0.05, 0.1) is 6.61 Å². The van der Waals surface area contributed by atoms with E-state index in [0.717, 1.165) is 18.8 Å². The van der Waals surface area contributed by atoms with Crippen LogP contribution in [0.3, 0.4) is 0 Å². The molecule has 0 unspecified atom stereocenters. The van der Waals surface area contributed by atoms with Crippen molar-refractivity contribution in [2.75, 3.05) is 26.2 Å². The molecule has 2 N–H and O–H groups in total. The van der Waals surface area contributed by atoms with Crippen LogP contribution in [-0.2, 0) is 9.59 Å². The lowest BCUT2D eigenvalue weighted by Crippen LogP contribution is -2.21. The van der Waals surface area contributed by atoms with Crippen molar-refractivity contribution in [3.05, 3.63) is 30.3 Å². The molecule has 0 bridgehead atoms. The Hall–Kier alpha value is -2.08. The molecule has 6 nitrogen and oxygen atoms in total. The molecule has 1 saturated heterocycles. The predicted molar refractivity (Wildman–Crippen MR) is 77.5 cm³/mol. The molecular formula is C15H21NO5. The maximum Gasteiger partial charge on any atom is 0.414 e. The van der Waals surface area contributed by atoms with E-state index in [-0.39, 0.29) is 0 Å². The number of aliphatic carboxylic acids is 2. The maximum atomic E-state index is 9.10. The minimum absolute atomic E-state index is 0.834. The third kappa shape index (κ3) is 7.94. The zero-order valence-corrected chi connectivity index (χ0v) is 11.9. The Morgan fingerprint density at radius 2 is 1.62 bits per heavy atom. The van der Waals surface area contributed by atoms with Gasteiger partial charge in [0.15, 0.2) is 0 Å². The molecule has 1 heterocycles. The first kappa shape index (κ1) is 17.0. The zero-order valence-electron chi connectivity index (χ0n) is 11.9. The molecule has 2 rings (SSSR count). The first-order valence-corrected chi connectivity index (χ1v) is 6.96. The fourth-order valence-corrected chi connectivity index (χ4v) is 2.00. The molecule has 0 aliphatic carbocycles. The van der Waals surface area contributed by atoms with Gasteiger partial charge in [-0.25, -0.2) is 9.59 Å². The van der Waals surface area contributed by atoms with E-state index in [1.807, 2.05) is 30.3 Å². The molecule has 0 radical (unpaired) electrons. The molecule has 116 valence electrons. The standard InChI is InChI=1S/C13H19NO.C2H2O4/c1-2-7-13(8-3-1)15-12-6-11-14-9-4-5-10-14;3-1(4)2(5)6/h1-3,7-8H,4-6,9-12H2;(H,3,4)(H,5,6). The van der Waals surface area contributed by atoms with Crippen molar-refractivity contribution in [2.24, 2.45) is 0 Å². The number of ether oxygens (including phenoxy) is 1. The lowest BCUT2D eigenvalue weighted by molar-refractivity contribution is -0.159. The first-order chi connectivity index (χ1) is 10.1. The fourth-order valence-electron chi connectivity index (χ4n) is 2.00. The van der Waals surface area contributed by atoms with Crippen LogP contribution < -0.4 is 4.74 Å². The highest BCUT2D eigenvalue weighted by atomic mass is 16.5. The van der Waals surface area contributed by atoms with E-state index < -0.39 is 11.9 Å². The number of hydrogen-bond acceptors (Lipinski definition) is 4. The third-order valence-corrected chi connectivity index (χ3v) is 3.01. The van der Waals surface area contributed by atoms with Crippen molar-refractivity contribution in [2.45, 2.75) is 19.3 Å². The van der Waals surface area contributed by atoms with Gasteiger partial charge in [-0.15, -0.1) is 0 Å². The van der Waals surface area contributed by atoms with Crippen molar-refractivity contribution >= 4 is 11.9 Å². The van der Waals surface area contributed by atoms with Crippen molar-refractivity contribution in [3.8, 4) is 5.75 Å². The smallest absolute Gasteiger partial charge is 0.414 e. The van der Waals surface area contributed by atoms with Gasteiger partial charge in [0.1, 0.15) is 5.75 Å². The molecular weight excluding hydrogens is 274 g/mol. The second kappa shape index (κ2) is 9.77. The maximum absolute atomic E-state index is 9.10. The lowest BCUT2D eigenvalue weighted by Gasteiger charge is -2.14. The number of hydrogen-bond donors (Lipinski definition) is 2. The summed E-state index contributed by atoms with van der Waals surface area (Å²) in [7, 11) is 0. The Labute approximate surface area is 124 Å². The Balaban J connectivity index is 0.000000315. The van der Waals surface area contributed by atoms with Crippen LogP contribution >= 0.6 is 0 Å². The van der Waals surface area contributed by atoms with Crippen LogP contribution in [0.1, 0.15) is 19.3 Å². The molecule has 0 spiro atoms. The summed E-state index contributed by atoms with van der Waals surface area (Å²) in [5.74, 6) is -2.66. The Kier molecular flexibility index (Phi) is 7.89.